The second kappa shape index (κ2) is 6.53. The molecule has 0 rings (SSSR count). The van der Waals surface area contributed by atoms with Gasteiger partial charge in [0.2, 0.25) is 0 Å². The quantitative estimate of drug-likeness (QED) is 0.582. The van der Waals surface area contributed by atoms with E-state index >= 15 is 0 Å². The van der Waals surface area contributed by atoms with E-state index < -0.39 is 11.7 Å². The smallest absolute Gasteiger partial charge is 0.431 e. The molecule has 0 spiro atoms. The molecule has 0 aromatic rings. The Bertz CT molecular complexity index is 231. The summed E-state index contributed by atoms with van der Waals surface area (Å²) in [5.41, 5.74) is 1.78. The van der Waals surface area contributed by atoms with E-state index in [0.29, 0.717) is 12.3 Å². The van der Waals surface area contributed by atoms with E-state index in [1.165, 1.54) is 0 Å². The number of carbonyl (C=O) groups is 1. The summed E-state index contributed by atoms with van der Waals surface area (Å²) in [6, 6.07) is 0. The van der Waals surface area contributed by atoms with Crippen LogP contribution in [0.4, 0.5) is 4.79 Å². The fraction of sp³-hybridized carbons (Fsp3) is 0.750. The van der Waals surface area contributed by atoms with Gasteiger partial charge in [0.25, 0.3) is 0 Å². The summed E-state index contributed by atoms with van der Waals surface area (Å²) in [5.74, 6) is 0.299. The number of hydrogen-bond acceptors (Lipinski definition) is 3. The predicted molar refractivity (Wildman–Crippen MR) is 63.9 cm³/mol. The molecular weight excluding hydrogens is 206 g/mol. The van der Waals surface area contributed by atoms with Crippen LogP contribution in [0.5, 0.6) is 0 Å². The molecule has 1 N–H and O–H groups in total. The molecule has 0 aliphatic rings. The van der Waals surface area contributed by atoms with Crippen molar-refractivity contribution in [2.75, 3.05) is 0 Å². The number of hydroxylamine groups is 1. The molecule has 0 aromatic carbocycles. The second-order valence-electron chi connectivity index (χ2n) is 5.03. The Hall–Kier alpha value is -1.03. The van der Waals surface area contributed by atoms with Crippen molar-refractivity contribution in [3.63, 3.8) is 0 Å². The first-order chi connectivity index (χ1) is 7.26. The first kappa shape index (κ1) is 15.0. The molecule has 1 unspecified atom stereocenters. The van der Waals surface area contributed by atoms with E-state index in [-0.39, 0.29) is 6.10 Å². The van der Waals surface area contributed by atoms with Crippen molar-refractivity contribution in [2.24, 2.45) is 5.92 Å². The maximum absolute atomic E-state index is 11.3. The molecule has 4 nitrogen and oxygen atoms in total. The van der Waals surface area contributed by atoms with Crippen LogP contribution in [-0.4, -0.2) is 17.8 Å². The van der Waals surface area contributed by atoms with Crippen LogP contribution >= 0.6 is 0 Å². The van der Waals surface area contributed by atoms with Gasteiger partial charge < -0.3 is 4.74 Å². The number of nitrogens with one attached hydrogen (secondary N) is 1. The molecule has 0 aromatic heterocycles. The van der Waals surface area contributed by atoms with Crippen LogP contribution in [0.2, 0.25) is 0 Å². The van der Waals surface area contributed by atoms with Crippen LogP contribution in [0.1, 0.15) is 41.0 Å². The molecule has 0 bridgehead atoms. The maximum atomic E-state index is 11.3. The summed E-state index contributed by atoms with van der Waals surface area (Å²) < 4.78 is 5.05. The summed E-state index contributed by atoms with van der Waals surface area (Å²) in [4.78, 5) is 16.6. The zero-order chi connectivity index (χ0) is 12.8. The predicted octanol–water partition coefficient (Wildman–Crippen LogP) is 3.04. The Morgan fingerprint density at radius 2 is 2.00 bits per heavy atom. The minimum Gasteiger partial charge on any atom is -0.442 e. The highest BCUT2D eigenvalue weighted by Gasteiger charge is 2.18. The van der Waals surface area contributed by atoms with Gasteiger partial charge in [-0.3, -0.25) is 4.84 Å². The lowest BCUT2D eigenvalue weighted by atomic mass is 10.0. The molecule has 16 heavy (non-hydrogen) atoms. The Morgan fingerprint density at radius 3 is 2.38 bits per heavy atom. The molecule has 1 amide bonds. The second-order valence-corrected chi connectivity index (χ2v) is 5.03. The van der Waals surface area contributed by atoms with Crippen LogP contribution in [-0.2, 0) is 9.57 Å². The number of ether oxygens (including phenoxy) is 1. The van der Waals surface area contributed by atoms with Crippen molar-refractivity contribution in [3.8, 4) is 0 Å². The van der Waals surface area contributed by atoms with E-state index in [1.807, 2.05) is 13.8 Å². The molecule has 0 aliphatic heterocycles. The molecule has 4 heteroatoms. The lowest BCUT2D eigenvalue weighted by Gasteiger charge is -2.23. The van der Waals surface area contributed by atoms with Crippen LogP contribution in [0.15, 0.2) is 12.7 Å². The number of amides is 1. The average molecular weight is 229 g/mol. The van der Waals surface area contributed by atoms with Crippen LogP contribution in [0.3, 0.4) is 0 Å². The molecule has 1 atom stereocenters. The molecule has 0 aliphatic carbocycles. The average Bonchev–Trinajstić information content (AvgIpc) is 2.08. The molecule has 0 heterocycles. The van der Waals surface area contributed by atoms with E-state index in [1.54, 1.807) is 26.8 Å². The van der Waals surface area contributed by atoms with Crippen LogP contribution in [0, 0.1) is 5.92 Å². The highest BCUT2D eigenvalue weighted by atomic mass is 16.7. The van der Waals surface area contributed by atoms with E-state index in [0.717, 1.165) is 0 Å². The summed E-state index contributed by atoms with van der Waals surface area (Å²) in [7, 11) is 0. The Morgan fingerprint density at radius 1 is 1.44 bits per heavy atom. The van der Waals surface area contributed by atoms with Crippen molar-refractivity contribution in [3.05, 3.63) is 12.7 Å². The third-order valence-corrected chi connectivity index (χ3v) is 1.84. The standard InChI is InChI=1S/C12H23NO3/c1-7-8-10(9(2)3)16-13-11(14)15-12(4,5)6/h7,9-10H,1,8H2,2-6H3,(H,13,14). The fourth-order valence-corrected chi connectivity index (χ4v) is 1.04. The van der Waals surface area contributed by atoms with Crippen molar-refractivity contribution in [1.29, 1.82) is 0 Å². The SMILES string of the molecule is C=CCC(ONC(=O)OC(C)(C)C)C(C)C. The minimum atomic E-state index is -0.567. The lowest BCUT2D eigenvalue weighted by Crippen LogP contribution is -2.36. The van der Waals surface area contributed by atoms with Gasteiger partial charge in [0.15, 0.2) is 0 Å². The van der Waals surface area contributed by atoms with Crippen molar-refractivity contribution in [2.45, 2.75) is 52.7 Å². The summed E-state index contributed by atoms with van der Waals surface area (Å²) in [5, 5.41) is 0. The monoisotopic (exact) mass is 229 g/mol. The Labute approximate surface area is 98.0 Å². The number of hydrogen-bond donors (Lipinski definition) is 1. The van der Waals surface area contributed by atoms with Gasteiger partial charge in [-0.15, -0.1) is 6.58 Å². The van der Waals surface area contributed by atoms with Gasteiger partial charge in [-0.05, 0) is 33.1 Å². The van der Waals surface area contributed by atoms with Gasteiger partial charge in [-0.25, -0.2) is 4.79 Å². The largest absolute Gasteiger partial charge is 0.442 e. The summed E-state index contributed by atoms with van der Waals surface area (Å²) >= 11 is 0. The van der Waals surface area contributed by atoms with E-state index in [2.05, 4.69) is 12.1 Å². The highest BCUT2D eigenvalue weighted by Crippen LogP contribution is 2.11. The third-order valence-electron chi connectivity index (χ3n) is 1.84. The maximum Gasteiger partial charge on any atom is 0.431 e. The molecule has 94 valence electrons. The van der Waals surface area contributed by atoms with Crippen molar-refractivity contribution >= 4 is 6.09 Å². The lowest BCUT2D eigenvalue weighted by molar-refractivity contribution is -0.0564. The molecule has 0 radical (unpaired) electrons. The number of carbonyl (C=O) groups excluding carboxylic acids is 1. The zero-order valence-corrected chi connectivity index (χ0v) is 10.9. The van der Waals surface area contributed by atoms with Crippen LogP contribution in [0.25, 0.3) is 0 Å². The van der Waals surface area contributed by atoms with Gasteiger partial charge in [0.1, 0.15) is 5.60 Å². The molecular formula is C12H23NO3. The summed E-state index contributed by atoms with van der Waals surface area (Å²) in [6.07, 6.45) is 1.81. The topological polar surface area (TPSA) is 47.6 Å². The summed E-state index contributed by atoms with van der Waals surface area (Å²) in [6.45, 7) is 13.1. The van der Waals surface area contributed by atoms with E-state index in [9.17, 15) is 4.79 Å². The Balaban J connectivity index is 4.01. The van der Waals surface area contributed by atoms with Gasteiger partial charge in [0.05, 0.1) is 6.10 Å². The number of rotatable bonds is 5. The van der Waals surface area contributed by atoms with Gasteiger partial charge in [-0.2, -0.15) is 5.48 Å². The molecule has 0 fully saturated rings. The fourth-order valence-electron chi connectivity index (χ4n) is 1.04. The highest BCUT2D eigenvalue weighted by molar-refractivity contribution is 5.66. The van der Waals surface area contributed by atoms with Gasteiger partial charge >= 0.3 is 6.09 Å². The van der Waals surface area contributed by atoms with E-state index in [4.69, 9.17) is 9.57 Å². The van der Waals surface area contributed by atoms with Gasteiger partial charge in [-0.1, -0.05) is 19.9 Å². The van der Waals surface area contributed by atoms with Crippen LogP contribution < -0.4 is 5.48 Å². The third kappa shape index (κ3) is 7.29. The molecule has 0 saturated carbocycles. The zero-order valence-electron chi connectivity index (χ0n) is 10.9. The Kier molecular flexibility index (Phi) is 6.11. The van der Waals surface area contributed by atoms with Gasteiger partial charge in [0, 0.05) is 0 Å². The molecule has 0 saturated heterocycles. The normalized spacial score (nSPS) is 13.4. The van der Waals surface area contributed by atoms with Crippen molar-refractivity contribution < 1.29 is 14.4 Å². The minimum absolute atomic E-state index is 0.0787. The van der Waals surface area contributed by atoms with Crippen molar-refractivity contribution in [1.82, 2.24) is 5.48 Å². The first-order valence-electron chi connectivity index (χ1n) is 5.51. The first-order valence-corrected chi connectivity index (χ1v) is 5.51.